The molecule has 1 amide bonds. The zero-order valence-corrected chi connectivity index (χ0v) is 14.0. The lowest BCUT2D eigenvalue weighted by molar-refractivity contribution is 0.102. The number of aryl methyl sites for hydroxylation is 2. The summed E-state index contributed by atoms with van der Waals surface area (Å²) in [5.41, 5.74) is 1.42. The molecule has 122 valence electrons. The molecule has 1 aromatic heterocycles. The third-order valence-corrected chi connectivity index (χ3v) is 4.55. The number of piperidine rings is 1. The van der Waals surface area contributed by atoms with E-state index in [2.05, 4.69) is 20.7 Å². The lowest BCUT2D eigenvalue weighted by Gasteiger charge is -2.19. The summed E-state index contributed by atoms with van der Waals surface area (Å²) in [4.78, 5) is 16.9. The number of hydrogen-bond donors (Lipinski definition) is 2. The van der Waals surface area contributed by atoms with Crippen molar-refractivity contribution < 1.29 is 4.79 Å². The summed E-state index contributed by atoms with van der Waals surface area (Å²) in [6, 6.07) is 5.19. The van der Waals surface area contributed by atoms with Crippen molar-refractivity contribution in [3.8, 4) is 0 Å². The number of aromatic nitrogens is 3. The summed E-state index contributed by atoms with van der Waals surface area (Å²) in [5.74, 6) is 1.41. The maximum Gasteiger partial charge on any atom is 0.258 e. The molecule has 7 heteroatoms. The van der Waals surface area contributed by atoms with E-state index in [0.29, 0.717) is 22.5 Å². The second-order valence-corrected chi connectivity index (χ2v) is 6.27. The van der Waals surface area contributed by atoms with E-state index in [4.69, 9.17) is 11.6 Å². The molecule has 1 aromatic carbocycles. The Bertz CT molecular complexity index is 721. The molecule has 23 heavy (non-hydrogen) atoms. The fourth-order valence-corrected chi connectivity index (χ4v) is 2.84. The third kappa shape index (κ3) is 3.54. The van der Waals surface area contributed by atoms with Crippen LogP contribution in [0.4, 0.5) is 5.95 Å². The average molecular weight is 334 g/mol. The topological polar surface area (TPSA) is 71.8 Å². The van der Waals surface area contributed by atoms with Gasteiger partial charge in [-0.2, -0.15) is 10.1 Å². The minimum absolute atomic E-state index is 0.211. The molecule has 0 spiro atoms. The summed E-state index contributed by atoms with van der Waals surface area (Å²) in [7, 11) is 1.79. The Balaban J connectivity index is 1.75. The molecule has 3 rings (SSSR count). The van der Waals surface area contributed by atoms with Crippen molar-refractivity contribution in [1.29, 1.82) is 0 Å². The van der Waals surface area contributed by atoms with Gasteiger partial charge in [0.2, 0.25) is 5.95 Å². The van der Waals surface area contributed by atoms with Crippen molar-refractivity contribution in [3.05, 3.63) is 40.2 Å². The van der Waals surface area contributed by atoms with Gasteiger partial charge in [-0.05, 0) is 56.6 Å². The predicted octanol–water partition coefficient (Wildman–Crippen LogP) is 2.50. The van der Waals surface area contributed by atoms with Gasteiger partial charge in [0.25, 0.3) is 5.91 Å². The lowest BCUT2D eigenvalue weighted by Crippen LogP contribution is -2.27. The number of hydrogen-bond acceptors (Lipinski definition) is 4. The average Bonchev–Trinajstić information content (AvgIpc) is 2.92. The van der Waals surface area contributed by atoms with Gasteiger partial charge in [-0.3, -0.25) is 10.1 Å². The number of carbonyl (C=O) groups is 1. The second-order valence-electron chi connectivity index (χ2n) is 5.86. The molecule has 2 aromatic rings. The van der Waals surface area contributed by atoms with E-state index in [1.54, 1.807) is 29.9 Å². The highest BCUT2D eigenvalue weighted by atomic mass is 35.5. The Hall–Kier alpha value is -1.92. The van der Waals surface area contributed by atoms with E-state index in [9.17, 15) is 4.79 Å². The molecule has 1 aliphatic rings. The van der Waals surface area contributed by atoms with E-state index >= 15 is 0 Å². The van der Waals surface area contributed by atoms with Gasteiger partial charge in [-0.1, -0.05) is 11.6 Å². The first-order chi connectivity index (χ1) is 11.0. The van der Waals surface area contributed by atoms with Crippen molar-refractivity contribution in [1.82, 2.24) is 20.1 Å². The van der Waals surface area contributed by atoms with Crippen LogP contribution in [0, 0.1) is 6.92 Å². The maximum absolute atomic E-state index is 12.4. The van der Waals surface area contributed by atoms with E-state index in [1.165, 1.54) is 0 Å². The first kappa shape index (κ1) is 16.0. The summed E-state index contributed by atoms with van der Waals surface area (Å²) >= 11 is 6.00. The molecule has 0 radical (unpaired) electrons. The number of nitrogens with one attached hydrogen (secondary N) is 2. The lowest BCUT2D eigenvalue weighted by atomic mass is 9.98. The number of carbonyl (C=O) groups excluding carboxylic acids is 1. The molecular weight excluding hydrogens is 314 g/mol. The molecule has 0 aliphatic carbocycles. The number of halogens is 1. The third-order valence-electron chi connectivity index (χ3n) is 4.13. The molecule has 2 N–H and O–H groups in total. The van der Waals surface area contributed by atoms with Crippen molar-refractivity contribution >= 4 is 23.5 Å². The largest absolute Gasteiger partial charge is 0.317 e. The SMILES string of the molecule is Cc1cc(C(=O)Nc2nc(C3CCNCC3)nn2C)ccc1Cl. The summed E-state index contributed by atoms with van der Waals surface area (Å²) < 4.78 is 1.62. The number of nitrogens with zero attached hydrogens (tertiary/aromatic N) is 3. The van der Waals surface area contributed by atoms with Gasteiger partial charge in [0, 0.05) is 23.6 Å². The Morgan fingerprint density at radius 3 is 2.83 bits per heavy atom. The highest BCUT2D eigenvalue weighted by Crippen LogP contribution is 2.23. The van der Waals surface area contributed by atoms with Gasteiger partial charge in [0.15, 0.2) is 5.82 Å². The number of benzene rings is 1. The van der Waals surface area contributed by atoms with Crippen LogP contribution in [0.25, 0.3) is 0 Å². The minimum Gasteiger partial charge on any atom is -0.317 e. The van der Waals surface area contributed by atoms with Crippen molar-refractivity contribution in [2.75, 3.05) is 18.4 Å². The van der Waals surface area contributed by atoms with Gasteiger partial charge in [0.1, 0.15) is 0 Å². The molecule has 6 nitrogen and oxygen atoms in total. The Kier molecular flexibility index (Phi) is 4.63. The summed E-state index contributed by atoms with van der Waals surface area (Å²) in [5, 5.41) is 11.3. The molecule has 0 bridgehead atoms. The van der Waals surface area contributed by atoms with E-state index < -0.39 is 0 Å². The van der Waals surface area contributed by atoms with Crippen LogP contribution in [0.3, 0.4) is 0 Å². The van der Waals surface area contributed by atoms with Gasteiger partial charge in [-0.25, -0.2) is 4.68 Å². The molecule has 1 saturated heterocycles. The monoisotopic (exact) mass is 333 g/mol. The quantitative estimate of drug-likeness (QED) is 0.905. The number of amides is 1. The van der Waals surface area contributed by atoms with Crippen LogP contribution in [0.15, 0.2) is 18.2 Å². The molecular formula is C16H20ClN5O. The fourth-order valence-electron chi connectivity index (χ4n) is 2.73. The Labute approximate surface area is 140 Å². The van der Waals surface area contributed by atoms with Crippen LogP contribution < -0.4 is 10.6 Å². The van der Waals surface area contributed by atoms with Gasteiger partial charge < -0.3 is 5.32 Å². The molecule has 0 atom stereocenters. The maximum atomic E-state index is 12.4. The summed E-state index contributed by atoms with van der Waals surface area (Å²) in [6.45, 7) is 3.83. The van der Waals surface area contributed by atoms with Crippen LogP contribution in [0.2, 0.25) is 5.02 Å². The highest BCUT2D eigenvalue weighted by Gasteiger charge is 2.21. The normalized spacial score (nSPS) is 15.6. The van der Waals surface area contributed by atoms with Crippen LogP contribution in [-0.2, 0) is 7.05 Å². The minimum atomic E-state index is -0.211. The second kappa shape index (κ2) is 6.68. The first-order valence-electron chi connectivity index (χ1n) is 7.74. The number of anilines is 1. The molecule has 0 unspecified atom stereocenters. The first-order valence-corrected chi connectivity index (χ1v) is 8.11. The highest BCUT2D eigenvalue weighted by molar-refractivity contribution is 6.31. The van der Waals surface area contributed by atoms with Crippen LogP contribution in [-0.4, -0.2) is 33.8 Å². The molecule has 0 saturated carbocycles. The van der Waals surface area contributed by atoms with Crippen LogP contribution >= 0.6 is 11.6 Å². The smallest absolute Gasteiger partial charge is 0.258 e. The van der Waals surface area contributed by atoms with Crippen molar-refractivity contribution in [2.45, 2.75) is 25.7 Å². The van der Waals surface area contributed by atoms with Gasteiger partial charge in [0.05, 0.1) is 0 Å². The van der Waals surface area contributed by atoms with E-state index in [1.807, 2.05) is 6.92 Å². The number of rotatable bonds is 3. The van der Waals surface area contributed by atoms with Gasteiger partial charge >= 0.3 is 0 Å². The molecule has 1 aliphatic heterocycles. The molecule has 2 heterocycles. The molecule has 1 fully saturated rings. The predicted molar refractivity (Wildman–Crippen MR) is 90.0 cm³/mol. The van der Waals surface area contributed by atoms with E-state index in [-0.39, 0.29) is 5.91 Å². The van der Waals surface area contributed by atoms with E-state index in [0.717, 1.165) is 37.3 Å². The van der Waals surface area contributed by atoms with Crippen LogP contribution in [0.5, 0.6) is 0 Å². The standard InChI is InChI=1S/C16H20ClN5O/c1-10-9-12(3-4-13(10)17)15(23)20-16-19-14(21-22(16)2)11-5-7-18-8-6-11/h3-4,9,11,18H,5-8H2,1-2H3,(H,19,20,21,23). The van der Waals surface area contributed by atoms with Crippen molar-refractivity contribution in [2.24, 2.45) is 7.05 Å². The Morgan fingerprint density at radius 1 is 1.39 bits per heavy atom. The van der Waals surface area contributed by atoms with Crippen LogP contribution in [0.1, 0.15) is 40.5 Å². The summed E-state index contributed by atoms with van der Waals surface area (Å²) in [6.07, 6.45) is 2.04. The Morgan fingerprint density at radius 2 is 2.13 bits per heavy atom. The fraction of sp³-hybridized carbons (Fsp3) is 0.438. The zero-order valence-electron chi connectivity index (χ0n) is 13.3. The van der Waals surface area contributed by atoms with Gasteiger partial charge in [-0.15, -0.1) is 0 Å². The zero-order chi connectivity index (χ0) is 16.4. The van der Waals surface area contributed by atoms with Crippen molar-refractivity contribution in [3.63, 3.8) is 0 Å².